The van der Waals surface area contributed by atoms with E-state index in [2.05, 4.69) is 20.7 Å². The van der Waals surface area contributed by atoms with Crippen LogP contribution in [-0.2, 0) is 10.0 Å². The van der Waals surface area contributed by atoms with Crippen LogP contribution in [0.3, 0.4) is 0 Å². The van der Waals surface area contributed by atoms with Gasteiger partial charge in [0.15, 0.2) is 17.5 Å². The van der Waals surface area contributed by atoms with Gasteiger partial charge in [-0.1, -0.05) is 0 Å². The van der Waals surface area contributed by atoms with Gasteiger partial charge in [0, 0.05) is 5.69 Å². The fourth-order valence-electron chi connectivity index (χ4n) is 1.62. The van der Waals surface area contributed by atoms with Crippen molar-refractivity contribution in [1.82, 2.24) is 0 Å². The first-order valence-electron chi connectivity index (χ1n) is 5.76. The van der Waals surface area contributed by atoms with E-state index in [0.29, 0.717) is 11.8 Å². The maximum atomic E-state index is 13.7. The molecule has 0 aromatic heterocycles. The molecule has 0 heterocycles. The van der Waals surface area contributed by atoms with Gasteiger partial charge in [-0.05, 0) is 46.3 Å². The quantitative estimate of drug-likeness (QED) is 0.634. The summed E-state index contributed by atoms with van der Waals surface area (Å²) < 4.78 is 70.9. The van der Waals surface area contributed by atoms with Crippen molar-refractivity contribution in [2.24, 2.45) is 0 Å². The van der Waals surface area contributed by atoms with Crippen molar-refractivity contribution in [2.75, 3.05) is 11.8 Å². The summed E-state index contributed by atoms with van der Waals surface area (Å²) in [5.74, 6) is -4.67. The molecule has 0 saturated heterocycles. The second kappa shape index (κ2) is 6.17. The summed E-state index contributed by atoms with van der Waals surface area (Å²) in [7, 11) is -2.99. The molecule has 22 heavy (non-hydrogen) atoms. The van der Waals surface area contributed by atoms with Crippen LogP contribution >= 0.6 is 15.9 Å². The molecule has 2 aromatic rings. The lowest BCUT2D eigenvalue weighted by Crippen LogP contribution is -2.16. The molecular weight excluding hydrogens is 387 g/mol. The van der Waals surface area contributed by atoms with Crippen LogP contribution in [-0.4, -0.2) is 15.5 Å². The standard InChI is InChI=1S/C13H9BrF3NO3S/c1-21-8-4-2-7(3-5-8)18-22(19,20)10-6-9(14)11(15)13(17)12(10)16/h2-6,18H,1H3. The average Bonchev–Trinajstić information content (AvgIpc) is 2.49. The van der Waals surface area contributed by atoms with Crippen molar-refractivity contribution in [3.05, 3.63) is 52.3 Å². The predicted octanol–water partition coefficient (Wildman–Crippen LogP) is 3.68. The number of halogens is 4. The summed E-state index contributed by atoms with van der Waals surface area (Å²) in [6.07, 6.45) is 0. The van der Waals surface area contributed by atoms with E-state index >= 15 is 0 Å². The molecule has 0 fully saturated rings. The lowest BCUT2D eigenvalue weighted by atomic mass is 10.3. The summed E-state index contributed by atoms with van der Waals surface area (Å²) in [6.45, 7) is 0. The van der Waals surface area contributed by atoms with Crippen LogP contribution in [0.5, 0.6) is 5.75 Å². The van der Waals surface area contributed by atoms with Gasteiger partial charge in [-0.15, -0.1) is 0 Å². The van der Waals surface area contributed by atoms with Gasteiger partial charge >= 0.3 is 0 Å². The van der Waals surface area contributed by atoms with E-state index in [-0.39, 0.29) is 5.69 Å². The molecular formula is C13H9BrF3NO3S. The van der Waals surface area contributed by atoms with Crippen molar-refractivity contribution < 1.29 is 26.3 Å². The van der Waals surface area contributed by atoms with Crippen LogP contribution < -0.4 is 9.46 Å². The monoisotopic (exact) mass is 395 g/mol. The minimum atomic E-state index is -4.43. The number of hydrogen-bond acceptors (Lipinski definition) is 3. The third-order valence-corrected chi connectivity index (χ3v) is 4.66. The molecule has 0 spiro atoms. The number of nitrogens with one attached hydrogen (secondary N) is 1. The zero-order valence-electron chi connectivity index (χ0n) is 11.0. The van der Waals surface area contributed by atoms with Crippen molar-refractivity contribution >= 4 is 31.6 Å². The van der Waals surface area contributed by atoms with Gasteiger partial charge in [0.05, 0.1) is 11.6 Å². The fraction of sp³-hybridized carbons (Fsp3) is 0.0769. The number of ether oxygens (including phenoxy) is 1. The highest BCUT2D eigenvalue weighted by atomic mass is 79.9. The SMILES string of the molecule is COc1ccc(NS(=O)(=O)c2cc(Br)c(F)c(F)c2F)cc1. The largest absolute Gasteiger partial charge is 0.497 e. The molecule has 0 saturated carbocycles. The molecule has 0 unspecified atom stereocenters. The molecule has 0 amide bonds. The molecule has 2 rings (SSSR count). The first kappa shape index (κ1) is 16.6. The highest BCUT2D eigenvalue weighted by Gasteiger charge is 2.26. The number of rotatable bonds is 4. The van der Waals surface area contributed by atoms with E-state index < -0.39 is 36.8 Å². The Bertz CT molecular complexity index is 810. The van der Waals surface area contributed by atoms with Crippen LogP contribution in [0.15, 0.2) is 39.7 Å². The summed E-state index contributed by atoms with van der Waals surface area (Å²) in [6, 6.07) is 6.37. The predicted molar refractivity (Wildman–Crippen MR) is 77.8 cm³/mol. The fourth-order valence-corrected chi connectivity index (χ4v) is 3.33. The van der Waals surface area contributed by atoms with Crippen molar-refractivity contribution in [2.45, 2.75) is 4.90 Å². The molecule has 9 heteroatoms. The number of benzene rings is 2. The van der Waals surface area contributed by atoms with Crippen molar-refractivity contribution in [3.8, 4) is 5.75 Å². The van der Waals surface area contributed by atoms with Gasteiger partial charge in [0.2, 0.25) is 0 Å². The molecule has 0 atom stereocenters. The van der Waals surface area contributed by atoms with E-state index in [1.54, 1.807) is 0 Å². The Hall–Kier alpha value is -1.74. The second-order valence-electron chi connectivity index (χ2n) is 4.13. The van der Waals surface area contributed by atoms with Crippen LogP contribution in [0.1, 0.15) is 0 Å². The lowest BCUT2D eigenvalue weighted by Gasteiger charge is -2.11. The van der Waals surface area contributed by atoms with E-state index in [9.17, 15) is 21.6 Å². The van der Waals surface area contributed by atoms with E-state index in [4.69, 9.17) is 4.74 Å². The van der Waals surface area contributed by atoms with Crippen molar-refractivity contribution in [3.63, 3.8) is 0 Å². The van der Waals surface area contributed by atoms with Gasteiger partial charge < -0.3 is 4.74 Å². The maximum absolute atomic E-state index is 13.7. The smallest absolute Gasteiger partial charge is 0.264 e. The molecule has 0 aliphatic heterocycles. The van der Waals surface area contributed by atoms with Crippen LogP contribution in [0, 0.1) is 17.5 Å². The average molecular weight is 396 g/mol. The normalized spacial score (nSPS) is 11.3. The molecule has 0 aliphatic carbocycles. The maximum Gasteiger partial charge on any atom is 0.264 e. The zero-order chi connectivity index (χ0) is 16.5. The second-order valence-corrected chi connectivity index (χ2v) is 6.64. The highest BCUT2D eigenvalue weighted by Crippen LogP contribution is 2.28. The minimum absolute atomic E-state index is 0.112. The Morgan fingerprint density at radius 3 is 2.18 bits per heavy atom. The molecule has 118 valence electrons. The van der Waals surface area contributed by atoms with Gasteiger partial charge in [0.25, 0.3) is 10.0 Å². The van der Waals surface area contributed by atoms with Crippen LogP contribution in [0.2, 0.25) is 0 Å². The first-order valence-corrected chi connectivity index (χ1v) is 8.03. The number of hydrogen-bond donors (Lipinski definition) is 1. The number of anilines is 1. The Morgan fingerprint density at radius 1 is 1.05 bits per heavy atom. The van der Waals surface area contributed by atoms with E-state index in [1.165, 1.54) is 31.4 Å². The number of methoxy groups -OCH3 is 1. The third-order valence-electron chi connectivity index (χ3n) is 2.70. The van der Waals surface area contributed by atoms with Gasteiger partial charge in [-0.2, -0.15) is 0 Å². The third kappa shape index (κ3) is 3.20. The topological polar surface area (TPSA) is 55.4 Å². The Kier molecular flexibility index (Phi) is 4.66. The molecule has 0 aliphatic rings. The molecule has 4 nitrogen and oxygen atoms in total. The van der Waals surface area contributed by atoms with Crippen LogP contribution in [0.25, 0.3) is 0 Å². The summed E-state index contributed by atoms with van der Waals surface area (Å²) >= 11 is 2.64. The van der Waals surface area contributed by atoms with Gasteiger partial charge in [0.1, 0.15) is 10.6 Å². The minimum Gasteiger partial charge on any atom is -0.497 e. The molecule has 0 bridgehead atoms. The molecule has 1 N–H and O–H groups in total. The Morgan fingerprint density at radius 2 is 1.64 bits per heavy atom. The van der Waals surface area contributed by atoms with E-state index in [0.717, 1.165) is 0 Å². The lowest BCUT2D eigenvalue weighted by molar-refractivity contribution is 0.415. The zero-order valence-corrected chi connectivity index (χ0v) is 13.4. The highest BCUT2D eigenvalue weighted by molar-refractivity contribution is 9.10. The molecule has 0 radical (unpaired) electrons. The Labute approximate surface area is 133 Å². The van der Waals surface area contributed by atoms with Gasteiger partial charge in [-0.3, -0.25) is 4.72 Å². The van der Waals surface area contributed by atoms with Crippen LogP contribution in [0.4, 0.5) is 18.9 Å². The summed E-state index contributed by atoms with van der Waals surface area (Å²) in [4.78, 5) is -1.01. The summed E-state index contributed by atoms with van der Waals surface area (Å²) in [5, 5.41) is 0. The summed E-state index contributed by atoms with van der Waals surface area (Å²) in [5.41, 5.74) is 0.112. The van der Waals surface area contributed by atoms with Crippen molar-refractivity contribution in [1.29, 1.82) is 0 Å². The first-order chi connectivity index (χ1) is 10.3. The number of sulfonamides is 1. The molecule has 2 aromatic carbocycles. The van der Waals surface area contributed by atoms with Gasteiger partial charge in [-0.25, -0.2) is 21.6 Å². The van der Waals surface area contributed by atoms with E-state index in [1.807, 2.05) is 0 Å². The Balaban J connectivity index is 2.42.